The lowest BCUT2D eigenvalue weighted by molar-refractivity contribution is 0.108. The zero-order chi connectivity index (χ0) is 14.7. The molecule has 2 aliphatic carbocycles. The van der Waals surface area contributed by atoms with Crippen LogP contribution in [0, 0.1) is 16.7 Å². The van der Waals surface area contributed by atoms with Crippen LogP contribution in [-0.4, -0.2) is 11.0 Å². The van der Waals surface area contributed by atoms with Crippen LogP contribution in [0.5, 0.6) is 0 Å². The quantitative estimate of drug-likeness (QED) is 0.896. The van der Waals surface area contributed by atoms with E-state index in [0.717, 1.165) is 18.0 Å². The van der Waals surface area contributed by atoms with E-state index >= 15 is 0 Å². The van der Waals surface area contributed by atoms with E-state index < -0.39 is 0 Å². The molecule has 2 bridgehead atoms. The van der Waals surface area contributed by atoms with Crippen LogP contribution < -0.4 is 5.32 Å². The molecule has 4 rings (SSSR count). The average molecular weight is 300 g/mol. The van der Waals surface area contributed by atoms with Crippen LogP contribution in [-0.2, 0) is 6.54 Å². The molecule has 1 aromatic carbocycles. The van der Waals surface area contributed by atoms with E-state index in [4.69, 9.17) is 4.98 Å². The van der Waals surface area contributed by atoms with Crippen LogP contribution in [0.2, 0.25) is 0 Å². The summed E-state index contributed by atoms with van der Waals surface area (Å²) in [6, 6.07) is 9.06. The second kappa shape index (κ2) is 4.53. The molecule has 2 aromatic rings. The molecule has 3 atom stereocenters. The largest absolute Gasteiger partial charge is 0.307 e. The number of hydrogen-bond donors (Lipinski definition) is 1. The zero-order valence-corrected chi connectivity index (χ0v) is 14.0. The highest BCUT2D eigenvalue weighted by atomic mass is 32.1. The van der Waals surface area contributed by atoms with Crippen molar-refractivity contribution in [2.45, 2.75) is 52.6 Å². The summed E-state index contributed by atoms with van der Waals surface area (Å²) in [5, 5.41) is 5.09. The molecular weight excluding hydrogens is 276 g/mol. The van der Waals surface area contributed by atoms with Crippen LogP contribution in [0.25, 0.3) is 10.2 Å². The SMILES string of the molecule is CC1(C)C(NCc2nc3ccccc3s2)[C@]2(C)CC[C@H]1C2. The van der Waals surface area contributed by atoms with Gasteiger partial charge in [0.15, 0.2) is 0 Å². The lowest BCUT2D eigenvalue weighted by Gasteiger charge is -2.43. The minimum absolute atomic E-state index is 0.420. The summed E-state index contributed by atoms with van der Waals surface area (Å²) in [5.74, 6) is 0.898. The fraction of sp³-hybridized carbons (Fsp3) is 0.611. The van der Waals surface area contributed by atoms with Crippen molar-refractivity contribution in [3.63, 3.8) is 0 Å². The predicted molar refractivity (Wildman–Crippen MR) is 89.5 cm³/mol. The van der Waals surface area contributed by atoms with Gasteiger partial charge in [-0.05, 0) is 48.1 Å². The number of hydrogen-bond acceptors (Lipinski definition) is 3. The Hall–Kier alpha value is -0.930. The molecule has 1 heterocycles. The van der Waals surface area contributed by atoms with Crippen LogP contribution in [0.1, 0.15) is 45.0 Å². The molecule has 0 spiro atoms. The van der Waals surface area contributed by atoms with Crippen molar-refractivity contribution >= 4 is 21.6 Å². The molecule has 1 aromatic heterocycles. The monoisotopic (exact) mass is 300 g/mol. The van der Waals surface area contributed by atoms with Crippen LogP contribution in [0.3, 0.4) is 0 Å². The highest BCUT2D eigenvalue weighted by Crippen LogP contribution is 2.62. The Morgan fingerprint density at radius 3 is 2.81 bits per heavy atom. The molecule has 0 aliphatic heterocycles. The number of nitrogens with one attached hydrogen (secondary N) is 1. The van der Waals surface area contributed by atoms with Gasteiger partial charge >= 0.3 is 0 Å². The summed E-state index contributed by atoms with van der Waals surface area (Å²) >= 11 is 1.83. The van der Waals surface area contributed by atoms with Gasteiger partial charge in [0, 0.05) is 12.6 Å². The second-order valence-electron chi connectivity index (χ2n) is 7.80. The first kappa shape index (κ1) is 13.7. The lowest BCUT2D eigenvalue weighted by Crippen LogP contribution is -2.49. The molecule has 2 aliphatic rings. The van der Waals surface area contributed by atoms with Crippen molar-refractivity contribution < 1.29 is 0 Å². The minimum atomic E-state index is 0.420. The van der Waals surface area contributed by atoms with Gasteiger partial charge in [0.25, 0.3) is 0 Å². The molecule has 3 heteroatoms. The molecule has 0 saturated heterocycles. The molecule has 1 unspecified atom stereocenters. The summed E-state index contributed by atoms with van der Waals surface area (Å²) < 4.78 is 1.30. The molecule has 21 heavy (non-hydrogen) atoms. The molecular formula is C18H24N2S. The van der Waals surface area contributed by atoms with E-state index in [-0.39, 0.29) is 0 Å². The Balaban J connectivity index is 1.54. The third-order valence-electron chi connectivity index (χ3n) is 6.07. The Morgan fingerprint density at radius 2 is 2.10 bits per heavy atom. The minimum Gasteiger partial charge on any atom is -0.307 e. The summed E-state index contributed by atoms with van der Waals surface area (Å²) in [6.45, 7) is 8.31. The smallest absolute Gasteiger partial charge is 0.108 e. The van der Waals surface area contributed by atoms with Gasteiger partial charge < -0.3 is 5.32 Å². The fourth-order valence-corrected chi connectivity index (χ4v) is 5.91. The van der Waals surface area contributed by atoms with Crippen LogP contribution in [0.4, 0.5) is 0 Å². The maximum absolute atomic E-state index is 4.76. The van der Waals surface area contributed by atoms with Crippen LogP contribution >= 0.6 is 11.3 Å². The molecule has 2 nitrogen and oxygen atoms in total. The average Bonchev–Trinajstić information content (AvgIpc) is 3.06. The van der Waals surface area contributed by atoms with Crippen molar-refractivity contribution in [1.82, 2.24) is 10.3 Å². The zero-order valence-electron chi connectivity index (χ0n) is 13.1. The van der Waals surface area contributed by atoms with Crippen molar-refractivity contribution in [1.29, 1.82) is 0 Å². The number of para-hydroxylation sites is 1. The van der Waals surface area contributed by atoms with Crippen LogP contribution in [0.15, 0.2) is 24.3 Å². The van der Waals surface area contributed by atoms with E-state index in [0.29, 0.717) is 16.9 Å². The van der Waals surface area contributed by atoms with Crippen molar-refractivity contribution in [2.75, 3.05) is 0 Å². The van der Waals surface area contributed by atoms with Gasteiger partial charge in [0.2, 0.25) is 0 Å². The number of rotatable bonds is 3. The van der Waals surface area contributed by atoms with E-state index in [1.54, 1.807) is 0 Å². The molecule has 1 N–H and O–H groups in total. The highest BCUT2D eigenvalue weighted by molar-refractivity contribution is 7.18. The molecule has 2 fully saturated rings. The Labute approximate surface area is 131 Å². The van der Waals surface area contributed by atoms with Gasteiger partial charge in [0.05, 0.1) is 10.2 Å². The topological polar surface area (TPSA) is 24.9 Å². The highest BCUT2D eigenvalue weighted by Gasteiger charge is 2.58. The Bertz CT molecular complexity index is 637. The Kier molecular flexibility index (Phi) is 2.96. The van der Waals surface area contributed by atoms with Gasteiger partial charge in [-0.15, -0.1) is 11.3 Å². The predicted octanol–water partition coefficient (Wildman–Crippen LogP) is 4.60. The first-order chi connectivity index (χ1) is 9.99. The lowest BCUT2D eigenvalue weighted by atomic mass is 9.68. The van der Waals surface area contributed by atoms with Crippen molar-refractivity contribution in [2.24, 2.45) is 16.7 Å². The van der Waals surface area contributed by atoms with Crippen molar-refractivity contribution in [3.05, 3.63) is 29.3 Å². The third-order valence-corrected chi connectivity index (χ3v) is 7.10. The summed E-state index contributed by atoms with van der Waals surface area (Å²) in [4.78, 5) is 4.76. The van der Waals surface area contributed by atoms with Gasteiger partial charge in [0.1, 0.15) is 5.01 Å². The van der Waals surface area contributed by atoms with Gasteiger partial charge in [-0.1, -0.05) is 32.9 Å². The fourth-order valence-electron chi connectivity index (χ4n) is 5.00. The molecule has 112 valence electrons. The number of aromatic nitrogens is 1. The van der Waals surface area contributed by atoms with E-state index in [1.807, 2.05) is 11.3 Å². The Morgan fingerprint density at radius 1 is 1.29 bits per heavy atom. The summed E-state index contributed by atoms with van der Waals surface area (Å²) in [6.07, 6.45) is 4.21. The van der Waals surface area contributed by atoms with Crippen molar-refractivity contribution in [3.8, 4) is 0 Å². The van der Waals surface area contributed by atoms with Gasteiger partial charge in [-0.2, -0.15) is 0 Å². The molecule has 0 radical (unpaired) electrons. The van der Waals surface area contributed by atoms with E-state index in [9.17, 15) is 0 Å². The first-order valence-electron chi connectivity index (χ1n) is 8.07. The van der Waals surface area contributed by atoms with Gasteiger partial charge in [-0.3, -0.25) is 0 Å². The molecule has 2 saturated carbocycles. The number of benzene rings is 1. The standard InChI is InChI=1S/C18H24N2S/c1-17(2)12-8-9-18(3,10-12)16(17)19-11-15-20-13-6-4-5-7-14(13)21-15/h4-7,12,16,19H,8-11H2,1-3H3/t12-,16?,18+/m0/s1. The molecule has 0 amide bonds. The maximum Gasteiger partial charge on any atom is 0.108 e. The summed E-state index contributed by atoms with van der Waals surface area (Å²) in [7, 11) is 0. The second-order valence-corrected chi connectivity index (χ2v) is 8.92. The maximum atomic E-state index is 4.76. The van der Waals surface area contributed by atoms with E-state index in [1.165, 1.54) is 29.0 Å². The van der Waals surface area contributed by atoms with Gasteiger partial charge in [-0.25, -0.2) is 4.98 Å². The number of thiazole rings is 1. The van der Waals surface area contributed by atoms with E-state index in [2.05, 4.69) is 50.4 Å². The normalized spacial score (nSPS) is 33.9. The summed E-state index contributed by atoms with van der Waals surface area (Å²) in [5.41, 5.74) is 2.05. The number of fused-ring (bicyclic) bond motifs is 3. The third kappa shape index (κ3) is 2.05. The number of nitrogens with zero attached hydrogens (tertiary/aromatic N) is 1. The first-order valence-corrected chi connectivity index (χ1v) is 8.88.